The molecule has 0 fully saturated rings. The molecule has 0 saturated heterocycles. The molecule has 0 bridgehead atoms. The number of esters is 1. The number of carbonyl (C=O) groups excluding carboxylic acids is 2. The van der Waals surface area contributed by atoms with Gasteiger partial charge in [-0.1, -0.05) is 12.7 Å². The van der Waals surface area contributed by atoms with Gasteiger partial charge in [0, 0.05) is 6.08 Å². The minimum Gasteiger partial charge on any atom is -0.487 e. The summed E-state index contributed by atoms with van der Waals surface area (Å²) in [6, 6.07) is 0. The summed E-state index contributed by atoms with van der Waals surface area (Å²) in [5.41, 5.74) is 0. The molecule has 0 saturated carbocycles. The lowest BCUT2D eigenvalue weighted by molar-refractivity contribution is -0.228. The van der Waals surface area contributed by atoms with E-state index in [0.717, 1.165) is 6.08 Å². The maximum atomic E-state index is 10.9. The normalized spacial score (nSPS) is 8.11. The lowest BCUT2D eigenvalue weighted by Crippen LogP contribution is -2.09. The predicted molar refractivity (Wildman–Crippen MR) is 65.5 cm³/mol. The van der Waals surface area contributed by atoms with Gasteiger partial charge in [0.25, 0.3) is 0 Å². The van der Waals surface area contributed by atoms with E-state index >= 15 is 0 Å². The van der Waals surface area contributed by atoms with Gasteiger partial charge in [0.05, 0.1) is 13.2 Å². The molecule has 102 valence electrons. The minimum atomic E-state index is -0.838. The summed E-state index contributed by atoms with van der Waals surface area (Å²) in [6.07, 6.45) is 3.26. The Morgan fingerprint density at radius 1 is 1.28 bits per heavy atom. The van der Waals surface area contributed by atoms with Crippen LogP contribution < -0.4 is 0 Å². The summed E-state index contributed by atoms with van der Waals surface area (Å²) in [5, 5.41) is 7.41. The zero-order valence-corrected chi connectivity index (χ0v) is 10.4. The van der Waals surface area contributed by atoms with Gasteiger partial charge in [-0.3, -0.25) is 4.89 Å². The van der Waals surface area contributed by atoms with Crippen LogP contribution in [-0.4, -0.2) is 30.4 Å². The Kier molecular flexibility index (Phi) is 13.2. The van der Waals surface area contributed by atoms with Crippen molar-refractivity contribution >= 4 is 11.9 Å². The molecule has 0 unspecified atom stereocenters. The van der Waals surface area contributed by atoms with Crippen LogP contribution in [0.1, 0.15) is 13.3 Å². The van der Waals surface area contributed by atoms with Crippen molar-refractivity contribution in [2.45, 2.75) is 13.3 Å². The number of ether oxygens (including phenoxy) is 2. The first-order valence-corrected chi connectivity index (χ1v) is 5.10. The maximum absolute atomic E-state index is 10.9. The molecule has 0 spiro atoms. The minimum absolute atomic E-state index is 0.0544. The average Bonchev–Trinajstić information content (AvgIpc) is 2.38. The van der Waals surface area contributed by atoms with Gasteiger partial charge in [0.1, 0.15) is 0 Å². The largest absolute Gasteiger partial charge is 0.487 e. The van der Waals surface area contributed by atoms with Crippen molar-refractivity contribution in [1.29, 1.82) is 0 Å². The Hall–Kier alpha value is -2.08. The van der Waals surface area contributed by atoms with Crippen LogP contribution in [0.4, 0.5) is 0 Å². The summed E-state index contributed by atoms with van der Waals surface area (Å²) in [7, 11) is 0. The van der Waals surface area contributed by atoms with Crippen LogP contribution in [0.15, 0.2) is 37.6 Å². The lowest BCUT2D eigenvalue weighted by Gasteiger charge is -2.05. The first-order valence-electron chi connectivity index (χ1n) is 5.10. The summed E-state index contributed by atoms with van der Waals surface area (Å²) in [4.78, 5) is 23.6. The van der Waals surface area contributed by atoms with E-state index in [1.807, 2.05) is 0 Å². The van der Waals surface area contributed by atoms with Gasteiger partial charge in [-0.2, -0.15) is 5.26 Å². The fourth-order valence-electron chi connectivity index (χ4n) is 0.573. The average molecular weight is 258 g/mol. The van der Waals surface area contributed by atoms with Gasteiger partial charge in [-0.15, -0.1) is 6.58 Å². The Morgan fingerprint density at radius 3 is 2.22 bits per heavy atom. The van der Waals surface area contributed by atoms with E-state index in [1.165, 1.54) is 0 Å². The highest BCUT2D eigenvalue weighted by Gasteiger charge is 2.07. The molecule has 1 N–H and O–H groups in total. The molecule has 0 aromatic heterocycles. The van der Waals surface area contributed by atoms with E-state index in [1.54, 1.807) is 13.0 Å². The second-order valence-electron chi connectivity index (χ2n) is 2.68. The molecule has 6 heteroatoms. The lowest BCUT2D eigenvalue weighted by atomic mass is 10.4. The van der Waals surface area contributed by atoms with E-state index < -0.39 is 11.9 Å². The van der Waals surface area contributed by atoms with Crippen LogP contribution in [0.25, 0.3) is 0 Å². The molecule has 6 nitrogen and oxygen atoms in total. The summed E-state index contributed by atoms with van der Waals surface area (Å²) in [5.74, 6) is -1.28. The quantitative estimate of drug-likeness (QED) is 0.143. The van der Waals surface area contributed by atoms with Crippen LogP contribution in [0.5, 0.6) is 0 Å². The van der Waals surface area contributed by atoms with E-state index in [9.17, 15) is 9.59 Å². The molecule has 0 radical (unpaired) electrons. The highest BCUT2D eigenvalue weighted by Crippen LogP contribution is 1.98. The van der Waals surface area contributed by atoms with Gasteiger partial charge < -0.3 is 9.47 Å². The van der Waals surface area contributed by atoms with Crippen molar-refractivity contribution < 1.29 is 29.2 Å². The van der Waals surface area contributed by atoms with Crippen molar-refractivity contribution in [3.05, 3.63) is 37.6 Å². The molecule has 18 heavy (non-hydrogen) atoms. The number of hydrogen-bond donors (Lipinski definition) is 1. The molecule has 0 aromatic rings. The molecule has 0 rings (SSSR count). The van der Waals surface area contributed by atoms with E-state index in [4.69, 9.17) is 9.99 Å². The van der Waals surface area contributed by atoms with Gasteiger partial charge >= 0.3 is 11.9 Å². The summed E-state index contributed by atoms with van der Waals surface area (Å²) < 4.78 is 9.60. The maximum Gasteiger partial charge on any atom is 0.372 e. The fraction of sp³-hybridized carbons (Fsp3) is 0.333. The zero-order chi connectivity index (χ0) is 14.4. The van der Waals surface area contributed by atoms with Crippen LogP contribution in [-0.2, 0) is 24.0 Å². The fourth-order valence-corrected chi connectivity index (χ4v) is 0.573. The highest BCUT2D eigenvalue weighted by atomic mass is 17.1. The van der Waals surface area contributed by atoms with Crippen molar-refractivity contribution in [3.63, 3.8) is 0 Å². The standard InChI is InChI=1S/C9H14O3.C3H4O3/c1-4-6-7-12-8(3)9(10)11-5-2;1-2-3(4)6-5/h4H,1,3,5-7H2,2H3;2,5H,1H2. The Balaban J connectivity index is 0. The molecule has 0 aliphatic heterocycles. The first kappa shape index (κ1) is 18.3. The smallest absolute Gasteiger partial charge is 0.372 e. The number of carbonyl (C=O) groups is 2. The monoisotopic (exact) mass is 258 g/mol. The molecular weight excluding hydrogens is 240 g/mol. The van der Waals surface area contributed by atoms with Crippen LogP contribution >= 0.6 is 0 Å². The van der Waals surface area contributed by atoms with Crippen molar-refractivity contribution in [1.82, 2.24) is 0 Å². The Morgan fingerprint density at radius 2 is 1.89 bits per heavy atom. The van der Waals surface area contributed by atoms with Crippen molar-refractivity contribution in [2.75, 3.05) is 13.2 Å². The SMILES string of the molecule is C=CC(=O)OO.C=CCCOC(=C)C(=O)OCC. The van der Waals surface area contributed by atoms with E-state index in [-0.39, 0.29) is 5.76 Å². The summed E-state index contributed by atoms with van der Waals surface area (Å²) >= 11 is 0. The topological polar surface area (TPSA) is 82.1 Å². The van der Waals surface area contributed by atoms with E-state index in [0.29, 0.717) is 19.6 Å². The molecular formula is C12H18O6. The van der Waals surface area contributed by atoms with Gasteiger partial charge in [0.15, 0.2) is 5.76 Å². The molecule has 0 atom stereocenters. The third-order valence-corrected chi connectivity index (χ3v) is 1.36. The van der Waals surface area contributed by atoms with Crippen LogP contribution in [0, 0.1) is 0 Å². The first-order chi connectivity index (χ1) is 8.53. The number of hydrogen-bond acceptors (Lipinski definition) is 6. The molecule has 0 aromatic carbocycles. The van der Waals surface area contributed by atoms with Gasteiger partial charge in [0.2, 0.25) is 0 Å². The Labute approximate surface area is 106 Å². The van der Waals surface area contributed by atoms with Gasteiger partial charge in [-0.05, 0) is 19.9 Å². The highest BCUT2D eigenvalue weighted by molar-refractivity contribution is 5.85. The Bertz CT molecular complexity index is 295. The summed E-state index contributed by atoms with van der Waals surface area (Å²) in [6.45, 7) is 12.4. The van der Waals surface area contributed by atoms with Crippen molar-refractivity contribution in [2.24, 2.45) is 0 Å². The molecule has 0 aliphatic rings. The van der Waals surface area contributed by atoms with Crippen molar-refractivity contribution in [3.8, 4) is 0 Å². The van der Waals surface area contributed by atoms with Crippen LogP contribution in [0.3, 0.4) is 0 Å². The van der Waals surface area contributed by atoms with Gasteiger partial charge in [-0.25, -0.2) is 9.59 Å². The predicted octanol–water partition coefficient (Wildman–Crippen LogP) is 1.84. The molecule has 0 aliphatic carbocycles. The number of rotatable bonds is 7. The second-order valence-corrected chi connectivity index (χ2v) is 2.68. The third-order valence-electron chi connectivity index (χ3n) is 1.36. The zero-order valence-electron chi connectivity index (χ0n) is 10.4. The molecule has 0 heterocycles. The molecule has 0 amide bonds. The third kappa shape index (κ3) is 12.0. The van der Waals surface area contributed by atoms with E-state index in [2.05, 4.69) is 29.4 Å². The van der Waals surface area contributed by atoms with Crippen LogP contribution in [0.2, 0.25) is 0 Å². The second kappa shape index (κ2) is 13.0.